The molecule has 4 amide bonds. The van der Waals surface area contributed by atoms with Gasteiger partial charge >= 0.3 is 6.03 Å². The Bertz CT molecular complexity index is 778. The lowest BCUT2D eigenvalue weighted by atomic mass is 10.2. The summed E-state index contributed by atoms with van der Waals surface area (Å²) in [6.45, 7) is 1.11. The quantitative estimate of drug-likeness (QED) is 0.584. The summed E-state index contributed by atoms with van der Waals surface area (Å²) in [5.41, 5.74) is 1.01. The van der Waals surface area contributed by atoms with Crippen molar-refractivity contribution < 1.29 is 22.8 Å². The van der Waals surface area contributed by atoms with Crippen molar-refractivity contribution in [2.24, 2.45) is 0 Å². The predicted octanol–water partition coefficient (Wildman–Crippen LogP) is 0.0698. The lowest BCUT2D eigenvalue weighted by Gasteiger charge is -2.12. The molecule has 1 heterocycles. The highest BCUT2D eigenvalue weighted by molar-refractivity contribution is 7.91. The summed E-state index contributed by atoms with van der Waals surface area (Å²) in [4.78, 5) is 34.6. The van der Waals surface area contributed by atoms with Crippen molar-refractivity contribution in [1.82, 2.24) is 10.6 Å². The summed E-state index contributed by atoms with van der Waals surface area (Å²) < 4.78 is 22.6. The molecule has 25 heavy (non-hydrogen) atoms. The van der Waals surface area contributed by atoms with Gasteiger partial charge in [0.15, 0.2) is 9.84 Å². The maximum absolute atomic E-state index is 11.9. The van der Waals surface area contributed by atoms with Crippen LogP contribution in [0.1, 0.15) is 13.3 Å². The Kier molecular flexibility index (Phi) is 5.97. The molecule has 1 aliphatic heterocycles. The molecule has 1 atom stereocenters. The molecule has 2 rings (SSSR count). The van der Waals surface area contributed by atoms with Gasteiger partial charge in [0.05, 0.1) is 18.1 Å². The Morgan fingerprint density at radius 1 is 1.16 bits per heavy atom. The fourth-order valence-corrected chi connectivity index (χ4v) is 4.06. The van der Waals surface area contributed by atoms with Crippen LogP contribution in [0, 0.1) is 0 Å². The Hall–Kier alpha value is -2.62. The number of carbonyl (C=O) groups is 3. The molecule has 136 valence electrons. The van der Waals surface area contributed by atoms with Crippen molar-refractivity contribution in [2.75, 3.05) is 28.7 Å². The van der Waals surface area contributed by atoms with Crippen LogP contribution >= 0.6 is 0 Å². The SMILES string of the molecule is CC(=O)Nc1cccc(NC(=O)CNC(=O)N[C@H]2CCS(=O)(=O)C2)c1. The molecular weight excluding hydrogens is 348 g/mol. The van der Waals surface area contributed by atoms with E-state index in [0.717, 1.165) is 0 Å². The molecule has 10 heteroatoms. The first-order chi connectivity index (χ1) is 11.7. The van der Waals surface area contributed by atoms with Crippen molar-refractivity contribution in [3.8, 4) is 0 Å². The van der Waals surface area contributed by atoms with Gasteiger partial charge in [-0.3, -0.25) is 9.59 Å². The van der Waals surface area contributed by atoms with Gasteiger partial charge in [-0.25, -0.2) is 13.2 Å². The molecule has 0 bridgehead atoms. The minimum Gasteiger partial charge on any atom is -0.334 e. The summed E-state index contributed by atoms with van der Waals surface area (Å²) >= 11 is 0. The van der Waals surface area contributed by atoms with E-state index in [4.69, 9.17) is 0 Å². The zero-order chi connectivity index (χ0) is 18.4. The van der Waals surface area contributed by atoms with E-state index in [1.165, 1.54) is 6.92 Å². The fourth-order valence-electron chi connectivity index (χ4n) is 2.39. The van der Waals surface area contributed by atoms with Gasteiger partial charge in [0.25, 0.3) is 0 Å². The number of hydrogen-bond acceptors (Lipinski definition) is 5. The number of sulfone groups is 1. The molecule has 1 fully saturated rings. The number of anilines is 2. The first-order valence-electron chi connectivity index (χ1n) is 7.66. The largest absolute Gasteiger partial charge is 0.334 e. The second-order valence-corrected chi connectivity index (χ2v) is 7.97. The molecule has 1 saturated heterocycles. The van der Waals surface area contributed by atoms with Crippen LogP contribution in [0.25, 0.3) is 0 Å². The summed E-state index contributed by atoms with van der Waals surface area (Å²) in [6, 6.07) is 5.56. The normalized spacial score (nSPS) is 18.2. The highest BCUT2D eigenvalue weighted by Crippen LogP contribution is 2.14. The Labute approximate surface area is 145 Å². The summed E-state index contributed by atoms with van der Waals surface area (Å²) in [7, 11) is -3.08. The van der Waals surface area contributed by atoms with Gasteiger partial charge in [-0.1, -0.05) is 6.07 Å². The average molecular weight is 368 g/mol. The highest BCUT2D eigenvalue weighted by Gasteiger charge is 2.28. The van der Waals surface area contributed by atoms with Crippen LogP contribution in [0.3, 0.4) is 0 Å². The first kappa shape index (κ1) is 18.7. The maximum Gasteiger partial charge on any atom is 0.315 e. The molecule has 0 spiro atoms. The van der Waals surface area contributed by atoms with E-state index in [2.05, 4.69) is 21.3 Å². The lowest BCUT2D eigenvalue weighted by Crippen LogP contribution is -2.45. The molecule has 0 saturated carbocycles. The predicted molar refractivity (Wildman–Crippen MR) is 93.0 cm³/mol. The van der Waals surface area contributed by atoms with E-state index in [9.17, 15) is 22.8 Å². The van der Waals surface area contributed by atoms with E-state index in [1.807, 2.05) is 0 Å². The molecule has 0 radical (unpaired) electrons. The summed E-state index contributed by atoms with van der Waals surface area (Å²) in [6.07, 6.45) is 0.373. The molecule has 0 aliphatic carbocycles. The molecule has 1 aromatic rings. The second-order valence-electron chi connectivity index (χ2n) is 5.74. The number of urea groups is 1. The van der Waals surface area contributed by atoms with Gasteiger partial charge in [0.2, 0.25) is 11.8 Å². The van der Waals surface area contributed by atoms with E-state index < -0.39 is 27.8 Å². The van der Waals surface area contributed by atoms with E-state index in [0.29, 0.717) is 17.8 Å². The molecule has 9 nitrogen and oxygen atoms in total. The minimum atomic E-state index is -3.08. The molecule has 1 aromatic carbocycles. The van der Waals surface area contributed by atoms with Crippen molar-refractivity contribution in [1.29, 1.82) is 0 Å². The molecular formula is C15H20N4O5S. The van der Waals surface area contributed by atoms with Crippen LogP contribution in [0.5, 0.6) is 0 Å². The van der Waals surface area contributed by atoms with Crippen molar-refractivity contribution in [2.45, 2.75) is 19.4 Å². The van der Waals surface area contributed by atoms with Crippen molar-refractivity contribution in [3.05, 3.63) is 24.3 Å². The van der Waals surface area contributed by atoms with Crippen molar-refractivity contribution in [3.63, 3.8) is 0 Å². The summed E-state index contributed by atoms with van der Waals surface area (Å²) in [5, 5.41) is 10.1. The van der Waals surface area contributed by atoms with Crippen LogP contribution in [0.4, 0.5) is 16.2 Å². The van der Waals surface area contributed by atoms with Gasteiger partial charge in [-0.05, 0) is 24.6 Å². The third kappa shape index (κ3) is 6.42. The van der Waals surface area contributed by atoms with E-state index >= 15 is 0 Å². The standard InChI is InChI=1S/C15H20N4O5S/c1-10(20)17-11-3-2-4-12(7-11)18-14(21)8-16-15(22)19-13-5-6-25(23,24)9-13/h2-4,7,13H,5-6,8-9H2,1H3,(H,17,20)(H,18,21)(H2,16,19,22)/t13-/m0/s1. The number of hydrogen-bond donors (Lipinski definition) is 4. The summed E-state index contributed by atoms with van der Waals surface area (Å²) in [5.74, 6) is -0.698. The number of carbonyl (C=O) groups excluding carboxylic acids is 3. The van der Waals surface area contributed by atoms with Crippen LogP contribution in [-0.4, -0.2) is 50.4 Å². The van der Waals surface area contributed by atoms with Crippen LogP contribution in [-0.2, 0) is 19.4 Å². The topological polar surface area (TPSA) is 133 Å². The number of benzene rings is 1. The van der Waals surface area contributed by atoms with E-state index in [-0.39, 0.29) is 24.0 Å². The van der Waals surface area contributed by atoms with Gasteiger partial charge in [0.1, 0.15) is 0 Å². The first-order valence-corrected chi connectivity index (χ1v) is 9.48. The number of amides is 4. The van der Waals surface area contributed by atoms with Crippen LogP contribution in [0.15, 0.2) is 24.3 Å². The molecule has 1 aliphatic rings. The molecule has 4 N–H and O–H groups in total. The highest BCUT2D eigenvalue weighted by atomic mass is 32.2. The minimum absolute atomic E-state index is 0.0586. The third-order valence-corrected chi connectivity index (χ3v) is 5.21. The zero-order valence-electron chi connectivity index (χ0n) is 13.7. The monoisotopic (exact) mass is 368 g/mol. The zero-order valence-corrected chi connectivity index (χ0v) is 14.5. The second kappa shape index (κ2) is 7.97. The van der Waals surface area contributed by atoms with Crippen LogP contribution in [0.2, 0.25) is 0 Å². The molecule has 0 aromatic heterocycles. The Balaban J connectivity index is 1.77. The van der Waals surface area contributed by atoms with E-state index in [1.54, 1.807) is 24.3 Å². The Morgan fingerprint density at radius 2 is 1.84 bits per heavy atom. The van der Waals surface area contributed by atoms with Gasteiger partial charge in [-0.15, -0.1) is 0 Å². The lowest BCUT2D eigenvalue weighted by molar-refractivity contribution is -0.115. The average Bonchev–Trinajstić information content (AvgIpc) is 2.83. The number of nitrogens with one attached hydrogen (secondary N) is 4. The molecule has 0 unspecified atom stereocenters. The maximum atomic E-state index is 11.9. The number of rotatable bonds is 5. The van der Waals surface area contributed by atoms with Crippen LogP contribution < -0.4 is 21.3 Å². The van der Waals surface area contributed by atoms with Gasteiger partial charge < -0.3 is 21.3 Å². The van der Waals surface area contributed by atoms with Crippen molar-refractivity contribution >= 4 is 39.1 Å². The fraction of sp³-hybridized carbons (Fsp3) is 0.400. The smallest absolute Gasteiger partial charge is 0.315 e. The third-order valence-electron chi connectivity index (χ3n) is 3.44. The van der Waals surface area contributed by atoms with Gasteiger partial charge in [-0.2, -0.15) is 0 Å². The Morgan fingerprint density at radius 3 is 2.44 bits per heavy atom. The van der Waals surface area contributed by atoms with Gasteiger partial charge in [0, 0.05) is 24.3 Å².